The highest BCUT2D eigenvalue weighted by atomic mass is 32.2. The Bertz CT molecular complexity index is 711. The molecule has 0 aliphatic rings. The number of methoxy groups -OCH3 is 1. The van der Waals surface area contributed by atoms with Crippen molar-refractivity contribution in [3.05, 3.63) is 24.4 Å². The number of rotatable bonds is 7. The van der Waals surface area contributed by atoms with Crippen molar-refractivity contribution < 1.29 is 18.3 Å². The third-order valence-electron chi connectivity index (χ3n) is 3.18. The van der Waals surface area contributed by atoms with Crippen LogP contribution in [0.25, 0.3) is 10.9 Å². The lowest BCUT2D eigenvalue weighted by Gasteiger charge is -2.20. The summed E-state index contributed by atoms with van der Waals surface area (Å²) in [6.45, 7) is 0.209. The van der Waals surface area contributed by atoms with Crippen molar-refractivity contribution in [2.45, 2.75) is 4.90 Å². The van der Waals surface area contributed by atoms with Crippen molar-refractivity contribution in [2.24, 2.45) is 0 Å². The van der Waals surface area contributed by atoms with Crippen LogP contribution < -0.4 is 5.73 Å². The van der Waals surface area contributed by atoms with E-state index in [9.17, 15) is 8.42 Å². The monoisotopic (exact) mass is 313 g/mol. The summed E-state index contributed by atoms with van der Waals surface area (Å²) in [4.78, 5) is 3.08. The van der Waals surface area contributed by atoms with Crippen molar-refractivity contribution in [1.29, 1.82) is 0 Å². The van der Waals surface area contributed by atoms with Gasteiger partial charge in [0.15, 0.2) is 0 Å². The molecule has 0 bridgehead atoms. The van der Waals surface area contributed by atoms with Gasteiger partial charge in [0.25, 0.3) is 0 Å². The second-order valence-corrected chi connectivity index (χ2v) is 6.48. The van der Waals surface area contributed by atoms with Crippen LogP contribution in [0.5, 0.6) is 0 Å². The van der Waals surface area contributed by atoms with Gasteiger partial charge in [0, 0.05) is 43.0 Å². The number of fused-ring (bicyclic) bond motifs is 1. The second kappa shape index (κ2) is 6.44. The fourth-order valence-corrected chi connectivity index (χ4v) is 3.71. The Labute approximate surface area is 123 Å². The molecule has 2 aromatic rings. The van der Waals surface area contributed by atoms with Crippen molar-refractivity contribution in [2.75, 3.05) is 39.1 Å². The van der Waals surface area contributed by atoms with Gasteiger partial charge in [-0.2, -0.15) is 4.31 Å². The molecule has 21 heavy (non-hydrogen) atoms. The van der Waals surface area contributed by atoms with Gasteiger partial charge in [0.1, 0.15) is 4.90 Å². The van der Waals surface area contributed by atoms with Crippen LogP contribution in [-0.4, -0.2) is 56.2 Å². The molecule has 0 aliphatic heterocycles. The van der Waals surface area contributed by atoms with E-state index in [4.69, 9.17) is 15.6 Å². The largest absolute Gasteiger partial charge is 0.399 e. The van der Waals surface area contributed by atoms with E-state index in [1.807, 2.05) is 0 Å². The van der Waals surface area contributed by atoms with Crippen LogP contribution in [0, 0.1) is 0 Å². The molecule has 0 atom stereocenters. The Balaban J connectivity index is 2.43. The quantitative estimate of drug-likeness (QED) is 0.640. The van der Waals surface area contributed by atoms with Crippen LogP contribution in [0.2, 0.25) is 0 Å². The number of nitrogens with zero attached hydrogens (tertiary/aromatic N) is 1. The summed E-state index contributed by atoms with van der Waals surface area (Å²) < 4.78 is 31.5. The molecular weight excluding hydrogens is 294 g/mol. The first-order valence-electron chi connectivity index (χ1n) is 6.47. The Morgan fingerprint density at radius 2 is 2.14 bits per heavy atom. The van der Waals surface area contributed by atoms with Crippen LogP contribution in [0.15, 0.2) is 29.3 Å². The molecule has 0 amide bonds. The van der Waals surface area contributed by atoms with Crippen LogP contribution in [-0.2, 0) is 14.8 Å². The minimum absolute atomic E-state index is 0.0212. The summed E-state index contributed by atoms with van der Waals surface area (Å²) in [7, 11) is -2.21. The van der Waals surface area contributed by atoms with E-state index in [0.29, 0.717) is 16.6 Å². The van der Waals surface area contributed by atoms with Crippen LogP contribution in [0.4, 0.5) is 5.69 Å². The van der Waals surface area contributed by atoms with Gasteiger partial charge in [-0.05, 0) is 18.2 Å². The third kappa shape index (κ3) is 3.18. The van der Waals surface area contributed by atoms with E-state index in [0.717, 1.165) is 0 Å². The second-order valence-electron chi connectivity index (χ2n) is 4.58. The fraction of sp³-hybridized carbons (Fsp3) is 0.385. The minimum Gasteiger partial charge on any atom is -0.399 e. The molecule has 0 unspecified atom stereocenters. The number of aliphatic hydroxyl groups is 1. The van der Waals surface area contributed by atoms with Crippen molar-refractivity contribution >= 4 is 26.6 Å². The molecule has 1 heterocycles. The number of nitrogens with two attached hydrogens (primary N) is 1. The van der Waals surface area contributed by atoms with Crippen molar-refractivity contribution in [1.82, 2.24) is 9.29 Å². The number of hydrogen-bond acceptors (Lipinski definition) is 5. The van der Waals surface area contributed by atoms with Gasteiger partial charge in [-0.25, -0.2) is 8.42 Å². The number of anilines is 1. The van der Waals surface area contributed by atoms with Gasteiger partial charge in [-0.1, -0.05) is 0 Å². The number of aliphatic hydroxyl groups excluding tert-OH is 1. The van der Waals surface area contributed by atoms with Gasteiger partial charge >= 0.3 is 0 Å². The molecule has 2 rings (SSSR count). The number of aromatic nitrogens is 1. The summed E-state index contributed by atoms with van der Waals surface area (Å²) in [5.41, 5.74) is 6.90. The maximum Gasteiger partial charge on any atom is 0.245 e. The number of nitrogens with one attached hydrogen (secondary N) is 1. The first-order valence-corrected chi connectivity index (χ1v) is 7.91. The predicted octanol–water partition coefficient (Wildman–Crippen LogP) is 0.380. The highest BCUT2D eigenvalue weighted by Crippen LogP contribution is 2.26. The highest BCUT2D eigenvalue weighted by Gasteiger charge is 2.26. The van der Waals surface area contributed by atoms with E-state index in [2.05, 4.69) is 4.98 Å². The van der Waals surface area contributed by atoms with E-state index in [1.165, 1.54) is 17.6 Å². The molecule has 0 saturated carbocycles. The van der Waals surface area contributed by atoms with E-state index < -0.39 is 10.0 Å². The summed E-state index contributed by atoms with van der Waals surface area (Å²) in [6, 6.07) is 5.00. The maximum absolute atomic E-state index is 12.7. The summed E-state index contributed by atoms with van der Waals surface area (Å²) in [5.74, 6) is 0. The standard InChI is InChI=1S/C13H19N3O4S/c1-20-7-5-16(4-6-17)21(18,19)13-9-15-12-8-10(14)2-3-11(12)13/h2-3,8-9,15,17H,4-7,14H2,1H3. The zero-order valence-electron chi connectivity index (χ0n) is 11.7. The fourth-order valence-electron chi connectivity index (χ4n) is 2.13. The Kier molecular flexibility index (Phi) is 4.84. The number of nitrogen functional groups attached to an aromatic ring is 1. The van der Waals surface area contributed by atoms with Crippen LogP contribution in [0.3, 0.4) is 0 Å². The predicted molar refractivity (Wildman–Crippen MR) is 80.4 cm³/mol. The van der Waals surface area contributed by atoms with E-state index >= 15 is 0 Å². The SMILES string of the molecule is COCCN(CCO)S(=O)(=O)c1c[nH]c2cc(N)ccc12. The third-order valence-corrected chi connectivity index (χ3v) is 5.12. The molecule has 1 aromatic heterocycles. The topological polar surface area (TPSA) is 109 Å². The highest BCUT2D eigenvalue weighted by molar-refractivity contribution is 7.89. The number of ether oxygens (including phenoxy) is 1. The lowest BCUT2D eigenvalue weighted by Crippen LogP contribution is -2.36. The molecule has 7 nitrogen and oxygen atoms in total. The molecular formula is C13H19N3O4S. The first-order chi connectivity index (χ1) is 10.0. The van der Waals surface area contributed by atoms with Gasteiger partial charge in [0.2, 0.25) is 10.0 Å². The van der Waals surface area contributed by atoms with Gasteiger partial charge < -0.3 is 20.6 Å². The van der Waals surface area contributed by atoms with E-state index in [1.54, 1.807) is 18.2 Å². The average Bonchev–Trinajstić information content (AvgIpc) is 2.86. The number of sulfonamides is 1. The first kappa shape index (κ1) is 15.8. The van der Waals surface area contributed by atoms with E-state index in [-0.39, 0.29) is 31.2 Å². The molecule has 0 aliphatic carbocycles. The summed E-state index contributed by atoms with van der Waals surface area (Å²) in [6.07, 6.45) is 1.44. The van der Waals surface area contributed by atoms with Crippen molar-refractivity contribution in [3.8, 4) is 0 Å². The van der Waals surface area contributed by atoms with Crippen LogP contribution >= 0.6 is 0 Å². The van der Waals surface area contributed by atoms with Gasteiger partial charge in [0.05, 0.1) is 13.2 Å². The molecule has 8 heteroatoms. The number of benzene rings is 1. The molecule has 0 fully saturated rings. The molecule has 116 valence electrons. The Hall–Kier alpha value is -1.61. The van der Waals surface area contributed by atoms with Gasteiger partial charge in [-0.3, -0.25) is 0 Å². The molecule has 0 radical (unpaired) electrons. The molecule has 1 aromatic carbocycles. The lowest BCUT2D eigenvalue weighted by atomic mass is 10.2. The van der Waals surface area contributed by atoms with Gasteiger partial charge in [-0.15, -0.1) is 0 Å². The Morgan fingerprint density at radius 1 is 1.38 bits per heavy atom. The maximum atomic E-state index is 12.7. The van der Waals surface area contributed by atoms with Crippen molar-refractivity contribution in [3.63, 3.8) is 0 Å². The molecule has 0 saturated heterocycles. The average molecular weight is 313 g/mol. The number of hydrogen-bond donors (Lipinski definition) is 3. The van der Waals surface area contributed by atoms with Crippen LogP contribution in [0.1, 0.15) is 0 Å². The summed E-state index contributed by atoms with van der Waals surface area (Å²) in [5, 5.41) is 9.65. The lowest BCUT2D eigenvalue weighted by molar-refractivity contribution is 0.168. The summed E-state index contributed by atoms with van der Waals surface area (Å²) >= 11 is 0. The zero-order valence-corrected chi connectivity index (χ0v) is 12.6. The number of H-pyrrole nitrogens is 1. The molecule has 0 spiro atoms. The smallest absolute Gasteiger partial charge is 0.245 e. The Morgan fingerprint density at radius 3 is 2.81 bits per heavy atom. The normalized spacial score (nSPS) is 12.3. The molecule has 4 N–H and O–H groups in total. The minimum atomic E-state index is -3.71. The number of aromatic amines is 1. The zero-order chi connectivity index (χ0) is 15.5.